The molecule has 6 nitrogen and oxygen atoms in total. The van der Waals surface area contributed by atoms with Crippen LogP contribution in [0.3, 0.4) is 0 Å². The van der Waals surface area contributed by atoms with Gasteiger partial charge in [0.2, 0.25) is 5.88 Å². The molecule has 0 bridgehead atoms. The quantitative estimate of drug-likeness (QED) is 0.685. The molecule has 1 aromatic carbocycles. The van der Waals surface area contributed by atoms with Crippen LogP contribution in [0.5, 0.6) is 5.88 Å². The molecule has 0 saturated heterocycles. The highest BCUT2D eigenvalue weighted by Gasteiger charge is 2.10. The highest BCUT2D eigenvalue weighted by Crippen LogP contribution is 2.19. The Bertz CT molecular complexity index is 849. The third-order valence-electron chi connectivity index (χ3n) is 3.09. The molecule has 7 heteroatoms. The minimum absolute atomic E-state index is 0.142. The summed E-state index contributed by atoms with van der Waals surface area (Å²) in [7, 11) is 0. The van der Waals surface area contributed by atoms with E-state index in [0.717, 1.165) is 10.0 Å². The SMILES string of the molecule is CC.O=C(O)c1ccnc(-n2nccc2OCc2cccc(Br)c2)c1. The van der Waals surface area contributed by atoms with Crippen LogP contribution >= 0.6 is 15.9 Å². The van der Waals surface area contributed by atoms with Gasteiger partial charge in [0.1, 0.15) is 6.61 Å². The lowest BCUT2D eigenvalue weighted by atomic mass is 10.2. The van der Waals surface area contributed by atoms with Crippen molar-refractivity contribution in [2.75, 3.05) is 0 Å². The maximum atomic E-state index is 11.1. The summed E-state index contributed by atoms with van der Waals surface area (Å²) in [5.41, 5.74) is 1.14. The predicted molar refractivity (Wildman–Crippen MR) is 98.1 cm³/mol. The first-order valence-electron chi connectivity index (χ1n) is 7.74. The van der Waals surface area contributed by atoms with E-state index in [-0.39, 0.29) is 5.56 Å². The van der Waals surface area contributed by atoms with Gasteiger partial charge in [-0.15, -0.1) is 0 Å². The van der Waals surface area contributed by atoms with E-state index in [1.807, 2.05) is 38.1 Å². The van der Waals surface area contributed by atoms with Crippen molar-refractivity contribution in [3.8, 4) is 11.7 Å². The Hall–Kier alpha value is -2.67. The van der Waals surface area contributed by atoms with Gasteiger partial charge in [0, 0.05) is 16.7 Å². The fourth-order valence-corrected chi connectivity index (χ4v) is 2.47. The van der Waals surface area contributed by atoms with Crippen molar-refractivity contribution in [1.29, 1.82) is 0 Å². The van der Waals surface area contributed by atoms with Crippen molar-refractivity contribution in [3.63, 3.8) is 0 Å². The molecule has 0 spiro atoms. The van der Waals surface area contributed by atoms with Crippen LogP contribution in [-0.2, 0) is 6.61 Å². The van der Waals surface area contributed by atoms with Gasteiger partial charge in [0.15, 0.2) is 5.82 Å². The second-order valence-corrected chi connectivity index (χ2v) is 5.62. The van der Waals surface area contributed by atoms with E-state index in [0.29, 0.717) is 18.3 Å². The van der Waals surface area contributed by atoms with Crippen molar-refractivity contribution >= 4 is 21.9 Å². The maximum absolute atomic E-state index is 11.1. The largest absolute Gasteiger partial charge is 0.478 e. The van der Waals surface area contributed by atoms with Crippen LogP contribution in [-0.4, -0.2) is 25.8 Å². The van der Waals surface area contributed by atoms with Crippen molar-refractivity contribution in [2.45, 2.75) is 20.5 Å². The molecule has 0 atom stereocenters. The van der Waals surface area contributed by atoms with E-state index in [1.54, 1.807) is 12.3 Å². The number of hydrogen-bond donors (Lipinski definition) is 1. The molecule has 1 N–H and O–H groups in total. The molecule has 130 valence electrons. The number of ether oxygens (including phenoxy) is 1. The number of aromatic carboxylic acids is 1. The lowest BCUT2D eigenvalue weighted by Gasteiger charge is -2.09. The number of pyridine rings is 1. The average molecular weight is 404 g/mol. The van der Waals surface area contributed by atoms with Gasteiger partial charge >= 0.3 is 5.97 Å². The normalized spacial score (nSPS) is 9.88. The molecule has 0 saturated carbocycles. The second kappa shape index (κ2) is 8.98. The number of carboxylic acids is 1. The van der Waals surface area contributed by atoms with Crippen LogP contribution in [0, 0.1) is 0 Å². The zero-order chi connectivity index (χ0) is 18.2. The molecule has 0 unspecified atom stereocenters. The van der Waals surface area contributed by atoms with Crippen LogP contribution in [0.2, 0.25) is 0 Å². The zero-order valence-corrected chi connectivity index (χ0v) is 15.5. The molecule has 2 aromatic heterocycles. The lowest BCUT2D eigenvalue weighted by molar-refractivity contribution is 0.0696. The first-order valence-corrected chi connectivity index (χ1v) is 8.54. The Morgan fingerprint density at radius 1 is 1.20 bits per heavy atom. The van der Waals surface area contributed by atoms with Gasteiger partial charge in [0.25, 0.3) is 0 Å². The number of carbonyl (C=O) groups is 1. The molecule has 0 aliphatic carbocycles. The van der Waals surface area contributed by atoms with Crippen LogP contribution < -0.4 is 4.74 Å². The van der Waals surface area contributed by atoms with Crippen molar-refractivity contribution in [3.05, 3.63) is 70.5 Å². The highest BCUT2D eigenvalue weighted by atomic mass is 79.9. The highest BCUT2D eigenvalue weighted by molar-refractivity contribution is 9.10. The summed E-state index contributed by atoms with van der Waals surface area (Å²) >= 11 is 3.41. The molecule has 25 heavy (non-hydrogen) atoms. The lowest BCUT2D eigenvalue weighted by Crippen LogP contribution is -2.06. The molecule has 0 amide bonds. The van der Waals surface area contributed by atoms with E-state index in [4.69, 9.17) is 9.84 Å². The number of aromatic nitrogens is 3. The Kier molecular flexibility index (Phi) is 6.71. The molecule has 0 aliphatic rings. The topological polar surface area (TPSA) is 77.2 Å². The summed E-state index contributed by atoms with van der Waals surface area (Å²) in [6.07, 6.45) is 3.00. The first-order chi connectivity index (χ1) is 12.1. The van der Waals surface area contributed by atoms with Gasteiger partial charge in [-0.25, -0.2) is 9.78 Å². The number of nitrogens with zero attached hydrogens (tertiary/aromatic N) is 3. The smallest absolute Gasteiger partial charge is 0.335 e. The zero-order valence-electron chi connectivity index (χ0n) is 13.9. The number of benzene rings is 1. The van der Waals surface area contributed by atoms with Gasteiger partial charge in [0.05, 0.1) is 11.8 Å². The average Bonchev–Trinajstić information content (AvgIpc) is 3.10. The first kappa shape index (κ1) is 18.7. The molecule has 0 aliphatic heterocycles. The fourth-order valence-electron chi connectivity index (χ4n) is 2.02. The third kappa shape index (κ3) is 4.90. The Balaban J connectivity index is 0.00000109. The number of halogens is 1. The summed E-state index contributed by atoms with van der Waals surface area (Å²) in [5, 5.41) is 13.2. The number of hydrogen-bond acceptors (Lipinski definition) is 4. The summed E-state index contributed by atoms with van der Waals surface area (Å²) in [5.74, 6) is -0.142. The van der Waals surface area contributed by atoms with Gasteiger partial charge in [-0.2, -0.15) is 9.78 Å². The molecule has 3 rings (SSSR count). The number of carboxylic acid groups (broad SMARTS) is 1. The summed E-state index contributed by atoms with van der Waals surface area (Å²) in [4.78, 5) is 15.2. The van der Waals surface area contributed by atoms with Crippen LogP contribution in [0.4, 0.5) is 0 Å². The van der Waals surface area contributed by atoms with E-state index >= 15 is 0 Å². The fraction of sp³-hybridized carbons (Fsp3) is 0.167. The molecule has 0 fully saturated rings. The molecular formula is C18H18BrN3O3. The van der Waals surface area contributed by atoms with E-state index in [9.17, 15) is 4.79 Å². The van der Waals surface area contributed by atoms with Crippen molar-refractivity contribution < 1.29 is 14.6 Å². The molecular weight excluding hydrogens is 386 g/mol. The molecule has 3 aromatic rings. The van der Waals surface area contributed by atoms with Crippen molar-refractivity contribution in [2.24, 2.45) is 0 Å². The summed E-state index contributed by atoms with van der Waals surface area (Å²) in [6, 6.07) is 12.4. The van der Waals surface area contributed by atoms with Crippen LogP contribution in [0.1, 0.15) is 29.8 Å². The monoisotopic (exact) mass is 403 g/mol. The van der Waals surface area contributed by atoms with Gasteiger partial charge in [-0.3, -0.25) is 0 Å². The van der Waals surface area contributed by atoms with Gasteiger partial charge in [-0.05, 0) is 29.8 Å². The standard InChI is InChI=1S/C16H12BrN3O3.C2H6/c17-13-3-1-2-11(8-13)10-23-15-5-7-19-20(15)14-9-12(16(21)22)4-6-18-14;1-2/h1-9H,10H2,(H,21,22);1-2H3. The molecule has 0 radical (unpaired) electrons. The van der Waals surface area contributed by atoms with Gasteiger partial charge in [-0.1, -0.05) is 41.9 Å². The Morgan fingerprint density at radius 3 is 2.72 bits per heavy atom. The minimum atomic E-state index is -1.02. The Morgan fingerprint density at radius 2 is 2.00 bits per heavy atom. The van der Waals surface area contributed by atoms with Crippen molar-refractivity contribution in [1.82, 2.24) is 14.8 Å². The Labute approximate surface area is 154 Å². The van der Waals surface area contributed by atoms with E-state index in [1.165, 1.54) is 23.0 Å². The minimum Gasteiger partial charge on any atom is -0.478 e. The van der Waals surface area contributed by atoms with Gasteiger partial charge < -0.3 is 9.84 Å². The number of rotatable bonds is 5. The second-order valence-electron chi connectivity index (χ2n) is 4.71. The van der Waals surface area contributed by atoms with E-state index < -0.39 is 5.97 Å². The van der Waals surface area contributed by atoms with Crippen LogP contribution in [0.15, 0.2) is 59.3 Å². The summed E-state index contributed by atoms with van der Waals surface area (Å²) < 4.78 is 8.20. The maximum Gasteiger partial charge on any atom is 0.335 e. The van der Waals surface area contributed by atoms with E-state index in [2.05, 4.69) is 26.0 Å². The molecule has 2 heterocycles. The summed E-state index contributed by atoms with van der Waals surface area (Å²) in [6.45, 7) is 4.36. The predicted octanol–water partition coefficient (Wildman–Crippen LogP) is 4.33. The van der Waals surface area contributed by atoms with Crippen LogP contribution in [0.25, 0.3) is 5.82 Å². The third-order valence-corrected chi connectivity index (χ3v) is 3.59.